The molecular weight excluding hydrogens is 568 g/mol. The van der Waals surface area contributed by atoms with Crippen LogP contribution in [0.1, 0.15) is 42.4 Å². The first-order valence-electron chi connectivity index (χ1n) is 14.3. The van der Waals surface area contributed by atoms with E-state index in [2.05, 4.69) is 10.3 Å². The number of aromatic nitrogens is 1. The van der Waals surface area contributed by atoms with Crippen LogP contribution < -0.4 is 14.8 Å². The minimum absolute atomic E-state index is 0.0711. The van der Waals surface area contributed by atoms with Crippen LogP contribution in [0, 0.1) is 11.8 Å². The molecule has 4 rings (SSSR count). The molecule has 1 amide bonds. The number of esters is 3. The second kappa shape index (κ2) is 15.0. The Morgan fingerprint density at radius 1 is 0.977 bits per heavy atom. The van der Waals surface area contributed by atoms with E-state index in [1.807, 2.05) is 60.7 Å². The van der Waals surface area contributed by atoms with Gasteiger partial charge in [0.1, 0.15) is 25.2 Å². The molecule has 1 N–H and O–H groups in total. The van der Waals surface area contributed by atoms with Gasteiger partial charge < -0.3 is 29.0 Å². The molecule has 0 radical (unpaired) electrons. The number of nitrogens with one attached hydrogen (secondary N) is 1. The molecule has 4 unspecified atom stereocenters. The molecular formula is C33H36N2O9. The fourth-order valence-corrected chi connectivity index (χ4v) is 4.60. The SMILES string of the molecule is COc1ccnc(C(=O)NC2COC(=O)C(Cc3ccccc3)C(OC(=O)C(C)C)C(C)OC2=O)c1OCc1ccccc1. The van der Waals surface area contributed by atoms with Crippen LogP contribution >= 0.6 is 0 Å². The lowest BCUT2D eigenvalue weighted by atomic mass is 9.91. The van der Waals surface area contributed by atoms with Gasteiger partial charge in [-0.3, -0.25) is 14.4 Å². The number of cyclic esters (lactones) is 2. The smallest absolute Gasteiger partial charge is 0.332 e. The molecule has 0 aliphatic carbocycles. The van der Waals surface area contributed by atoms with Crippen molar-refractivity contribution in [3.05, 3.63) is 89.7 Å². The summed E-state index contributed by atoms with van der Waals surface area (Å²) in [6.45, 7) is 4.47. The summed E-state index contributed by atoms with van der Waals surface area (Å²) >= 11 is 0. The van der Waals surface area contributed by atoms with Gasteiger partial charge in [-0.25, -0.2) is 9.78 Å². The third-order valence-electron chi connectivity index (χ3n) is 7.00. The fraction of sp³-hybridized carbons (Fsp3) is 0.364. The first-order chi connectivity index (χ1) is 21.2. The molecule has 2 heterocycles. The standard InChI is InChI=1S/C33H36N2O9/c1-20(2)31(37)44-28-21(3)43-33(39)25(19-42-32(38)24(28)17-22-11-7-5-8-12-22)35-30(36)27-29(26(40-4)15-16-34-27)41-18-23-13-9-6-10-14-23/h5-16,20-21,24-25,28H,17-19H2,1-4H3,(H,35,36). The van der Waals surface area contributed by atoms with Crippen LogP contribution in [-0.4, -0.2) is 60.8 Å². The molecule has 0 bridgehead atoms. The summed E-state index contributed by atoms with van der Waals surface area (Å²) in [5, 5.41) is 2.55. The van der Waals surface area contributed by atoms with Crippen molar-refractivity contribution >= 4 is 23.8 Å². The Labute approximate surface area is 255 Å². The molecule has 0 spiro atoms. The molecule has 2 aromatic carbocycles. The lowest BCUT2D eigenvalue weighted by Crippen LogP contribution is -2.47. The number of amides is 1. The maximum absolute atomic E-state index is 13.5. The van der Waals surface area contributed by atoms with Crippen molar-refractivity contribution in [1.29, 1.82) is 0 Å². The summed E-state index contributed by atoms with van der Waals surface area (Å²) < 4.78 is 28.2. The highest BCUT2D eigenvalue weighted by Gasteiger charge is 2.42. The number of benzene rings is 2. The number of carbonyl (C=O) groups is 4. The molecule has 3 aromatic rings. The Morgan fingerprint density at radius 3 is 2.27 bits per heavy atom. The van der Waals surface area contributed by atoms with Gasteiger partial charge in [-0.1, -0.05) is 74.5 Å². The van der Waals surface area contributed by atoms with Gasteiger partial charge in [0.15, 0.2) is 29.3 Å². The Bertz CT molecular complexity index is 1450. The number of nitrogens with zero attached hydrogens (tertiary/aromatic N) is 1. The highest BCUT2D eigenvalue weighted by molar-refractivity contribution is 5.98. The molecule has 1 fully saturated rings. The lowest BCUT2D eigenvalue weighted by molar-refractivity contribution is -0.176. The van der Waals surface area contributed by atoms with Gasteiger partial charge in [-0.05, 0) is 24.5 Å². The fourth-order valence-electron chi connectivity index (χ4n) is 4.60. The molecule has 11 heteroatoms. The number of methoxy groups -OCH3 is 1. The van der Waals surface area contributed by atoms with Crippen molar-refractivity contribution in [3.8, 4) is 11.5 Å². The first-order valence-corrected chi connectivity index (χ1v) is 14.3. The number of hydrogen-bond donors (Lipinski definition) is 1. The summed E-state index contributed by atoms with van der Waals surface area (Å²) in [5.74, 6) is -4.04. The lowest BCUT2D eigenvalue weighted by Gasteiger charge is -2.29. The van der Waals surface area contributed by atoms with Gasteiger partial charge in [0.25, 0.3) is 5.91 Å². The largest absolute Gasteiger partial charge is 0.493 e. The molecule has 1 aliphatic heterocycles. The summed E-state index contributed by atoms with van der Waals surface area (Å²) in [5.41, 5.74) is 1.51. The van der Waals surface area contributed by atoms with Gasteiger partial charge in [0, 0.05) is 12.3 Å². The van der Waals surface area contributed by atoms with Crippen molar-refractivity contribution in [2.75, 3.05) is 13.7 Å². The molecule has 1 aromatic heterocycles. The van der Waals surface area contributed by atoms with Crippen molar-refractivity contribution in [2.45, 2.75) is 52.0 Å². The van der Waals surface area contributed by atoms with E-state index in [1.54, 1.807) is 19.9 Å². The van der Waals surface area contributed by atoms with Gasteiger partial charge >= 0.3 is 17.9 Å². The van der Waals surface area contributed by atoms with Crippen molar-refractivity contribution < 1.29 is 42.9 Å². The van der Waals surface area contributed by atoms with Crippen LogP contribution in [0.2, 0.25) is 0 Å². The van der Waals surface area contributed by atoms with E-state index in [0.29, 0.717) is 0 Å². The van der Waals surface area contributed by atoms with Crippen LogP contribution in [0.4, 0.5) is 0 Å². The number of pyridine rings is 1. The third kappa shape index (κ3) is 8.12. The topological polar surface area (TPSA) is 139 Å². The molecule has 1 saturated heterocycles. The van der Waals surface area contributed by atoms with E-state index < -0.39 is 60.5 Å². The van der Waals surface area contributed by atoms with E-state index in [0.717, 1.165) is 11.1 Å². The first kappa shape index (κ1) is 32.0. The Morgan fingerprint density at radius 2 is 1.64 bits per heavy atom. The monoisotopic (exact) mass is 604 g/mol. The van der Waals surface area contributed by atoms with Gasteiger partial charge in [-0.2, -0.15) is 0 Å². The maximum Gasteiger partial charge on any atom is 0.332 e. The second-order valence-electron chi connectivity index (χ2n) is 10.6. The van der Waals surface area contributed by atoms with Crippen LogP contribution in [0.3, 0.4) is 0 Å². The minimum atomic E-state index is -1.39. The summed E-state index contributed by atoms with van der Waals surface area (Å²) in [7, 11) is 1.43. The number of rotatable bonds is 10. The van der Waals surface area contributed by atoms with Crippen LogP contribution in [-0.2, 0) is 41.6 Å². The van der Waals surface area contributed by atoms with E-state index in [9.17, 15) is 19.2 Å². The molecule has 0 saturated carbocycles. The average Bonchev–Trinajstić information content (AvgIpc) is 3.06. The number of carbonyl (C=O) groups excluding carboxylic acids is 4. The molecule has 1 aliphatic rings. The molecule has 232 valence electrons. The van der Waals surface area contributed by atoms with E-state index in [1.165, 1.54) is 20.2 Å². The number of ether oxygens (including phenoxy) is 5. The van der Waals surface area contributed by atoms with Crippen molar-refractivity contribution in [1.82, 2.24) is 10.3 Å². The normalized spacial score (nSPS) is 20.3. The van der Waals surface area contributed by atoms with E-state index in [-0.39, 0.29) is 30.2 Å². The van der Waals surface area contributed by atoms with Crippen LogP contribution in [0.15, 0.2) is 72.9 Å². The Hall–Kier alpha value is -4.93. The molecule has 44 heavy (non-hydrogen) atoms. The van der Waals surface area contributed by atoms with Crippen molar-refractivity contribution in [3.63, 3.8) is 0 Å². The zero-order chi connectivity index (χ0) is 31.6. The molecule has 11 nitrogen and oxygen atoms in total. The highest BCUT2D eigenvalue weighted by atomic mass is 16.6. The molecule has 4 atom stereocenters. The zero-order valence-corrected chi connectivity index (χ0v) is 25.1. The third-order valence-corrected chi connectivity index (χ3v) is 7.00. The second-order valence-corrected chi connectivity index (χ2v) is 10.6. The Balaban J connectivity index is 1.57. The zero-order valence-electron chi connectivity index (χ0n) is 25.1. The van der Waals surface area contributed by atoms with Crippen molar-refractivity contribution in [2.24, 2.45) is 11.8 Å². The average molecular weight is 605 g/mol. The highest BCUT2D eigenvalue weighted by Crippen LogP contribution is 2.31. The predicted octanol–water partition coefficient (Wildman–Crippen LogP) is 3.68. The summed E-state index contributed by atoms with van der Waals surface area (Å²) in [6.07, 6.45) is -0.628. The quantitative estimate of drug-likeness (QED) is 0.269. The van der Waals surface area contributed by atoms with Crippen LogP contribution in [0.5, 0.6) is 11.5 Å². The predicted molar refractivity (Wildman–Crippen MR) is 158 cm³/mol. The number of hydrogen-bond acceptors (Lipinski definition) is 10. The van der Waals surface area contributed by atoms with Gasteiger partial charge in [0.05, 0.1) is 13.0 Å². The van der Waals surface area contributed by atoms with Crippen LogP contribution in [0.25, 0.3) is 0 Å². The summed E-state index contributed by atoms with van der Waals surface area (Å²) in [6, 6.07) is 18.6. The van der Waals surface area contributed by atoms with E-state index >= 15 is 0 Å². The summed E-state index contributed by atoms with van der Waals surface area (Å²) in [4.78, 5) is 57.0. The maximum atomic E-state index is 13.5. The van der Waals surface area contributed by atoms with Gasteiger partial charge in [-0.15, -0.1) is 0 Å². The minimum Gasteiger partial charge on any atom is -0.493 e. The van der Waals surface area contributed by atoms with E-state index in [4.69, 9.17) is 23.7 Å². The van der Waals surface area contributed by atoms with Gasteiger partial charge in [0.2, 0.25) is 0 Å². The Kier molecular flexibility index (Phi) is 10.9.